The summed E-state index contributed by atoms with van der Waals surface area (Å²) in [7, 11) is 0. The molecular weight excluding hydrogens is 321 g/mol. The molecule has 7 heteroatoms. The second kappa shape index (κ2) is 6.72. The number of rotatable bonds is 4. The molecule has 0 bridgehead atoms. The van der Waals surface area contributed by atoms with Crippen molar-refractivity contribution in [1.29, 1.82) is 0 Å². The van der Waals surface area contributed by atoms with Crippen molar-refractivity contribution in [3.63, 3.8) is 0 Å². The molecule has 0 atom stereocenters. The molecule has 2 aromatic carbocycles. The highest BCUT2D eigenvalue weighted by Gasteiger charge is 2.18. The molecular formula is C18H18FN5O. The van der Waals surface area contributed by atoms with Gasteiger partial charge < -0.3 is 11.1 Å². The minimum absolute atomic E-state index is 0.0583. The van der Waals surface area contributed by atoms with Gasteiger partial charge in [0, 0.05) is 5.69 Å². The number of halogens is 1. The monoisotopic (exact) mass is 339 g/mol. The Labute approximate surface area is 144 Å². The fourth-order valence-corrected chi connectivity index (χ4v) is 2.41. The van der Waals surface area contributed by atoms with Gasteiger partial charge in [0.1, 0.15) is 5.82 Å². The first-order valence-corrected chi connectivity index (χ1v) is 7.76. The summed E-state index contributed by atoms with van der Waals surface area (Å²) in [4.78, 5) is 12.5. The molecule has 0 radical (unpaired) electrons. The molecule has 25 heavy (non-hydrogen) atoms. The van der Waals surface area contributed by atoms with Crippen LogP contribution in [0.15, 0.2) is 42.5 Å². The van der Waals surface area contributed by atoms with Gasteiger partial charge in [0.15, 0.2) is 11.5 Å². The summed E-state index contributed by atoms with van der Waals surface area (Å²) in [6.07, 6.45) is 0. The zero-order valence-corrected chi connectivity index (χ0v) is 14.0. The maximum Gasteiger partial charge on any atom is 0.280 e. The molecule has 0 unspecified atom stereocenters. The number of nitrogens with two attached hydrogens (primary N) is 1. The van der Waals surface area contributed by atoms with Crippen molar-refractivity contribution < 1.29 is 9.18 Å². The van der Waals surface area contributed by atoms with E-state index in [0.29, 0.717) is 12.2 Å². The molecule has 0 aliphatic rings. The molecule has 0 saturated heterocycles. The first-order valence-electron chi connectivity index (χ1n) is 7.76. The van der Waals surface area contributed by atoms with Crippen LogP contribution in [0, 0.1) is 19.7 Å². The molecule has 0 fully saturated rings. The quantitative estimate of drug-likeness (QED) is 0.765. The summed E-state index contributed by atoms with van der Waals surface area (Å²) in [5.74, 6) is -0.576. The van der Waals surface area contributed by atoms with Gasteiger partial charge in [0.2, 0.25) is 0 Å². The lowest BCUT2D eigenvalue weighted by molar-refractivity contribution is 0.102. The van der Waals surface area contributed by atoms with Crippen LogP contribution < -0.4 is 11.1 Å². The average molecular weight is 339 g/mol. The number of nitrogens with one attached hydrogen (secondary N) is 1. The van der Waals surface area contributed by atoms with Crippen LogP contribution in [0.3, 0.4) is 0 Å². The van der Waals surface area contributed by atoms with Crippen LogP contribution in [0.2, 0.25) is 0 Å². The Morgan fingerprint density at radius 3 is 2.64 bits per heavy atom. The van der Waals surface area contributed by atoms with Crippen LogP contribution in [0.25, 0.3) is 0 Å². The number of anilines is 2. The number of hydrogen-bond donors (Lipinski definition) is 2. The minimum atomic E-state index is -0.420. The SMILES string of the molecule is Cc1ccc(C)c(NC(=O)c2nnn(Cc3ccc(F)cc3)c2N)c1. The van der Waals surface area contributed by atoms with Gasteiger partial charge in [-0.1, -0.05) is 29.5 Å². The molecule has 1 aromatic heterocycles. The summed E-state index contributed by atoms with van der Waals surface area (Å²) in [5.41, 5.74) is 9.55. The van der Waals surface area contributed by atoms with Crippen molar-refractivity contribution in [2.45, 2.75) is 20.4 Å². The van der Waals surface area contributed by atoms with Crippen LogP contribution in [-0.2, 0) is 6.54 Å². The van der Waals surface area contributed by atoms with Crippen LogP contribution in [-0.4, -0.2) is 20.9 Å². The zero-order valence-electron chi connectivity index (χ0n) is 14.0. The second-order valence-electron chi connectivity index (χ2n) is 5.88. The Morgan fingerprint density at radius 1 is 1.20 bits per heavy atom. The number of carbonyl (C=O) groups is 1. The number of hydrogen-bond acceptors (Lipinski definition) is 4. The van der Waals surface area contributed by atoms with E-state index in [2.05, 4.69) is 15.6 Å². The van der Waals surface area contributed by atoms with Crippen molar-refractivity contribution in [3.8, 4) is 0 Å². The first-order chi connectivity index (χ1) is 11.9. The molecule has 1 heterocycles. The molecule has 0 spiro atoms. The van der Waals surface area contributed by atoms with Crippen molar-refractivity contribution >= 4 is 17.4 Å². The lowest BCUT2D eigenvalue weighted by Gasteiger charge is -2.08. The van der Waals surface area contributed by atoms with E-state index in [4.69, 9.17) is 5.73 Å². The van der Waals surface area contributed by atoms with E-state index in [9.17, 15) is 9.18 Å². The maximum absolute atomic E-state index is 13.0. The van der Waals surface area contributed by atoms with Gasteiger partial charge >= 0.3 is 0 Å². The van der Waals surface area contributed by atoms with Gasteiger partial charge in [-0.25, -0.2) is 9.07 Å². The van der Waals surface area contributed by atoms with E-state index in [1.165, 1.54) is 16.8 Å². The van der Waals surface area contributed by atoms with Crippen molar-refractivity contribution in [2.75, 3.05) is 11.1 Å². The third-order valence-electron chi connectivity index (χ3n) is 3.88. The number of amides is 1. The van der Waals surface area contributed by atoms with Gasteiger partial charge in [-0.3, -0.25) is 4.79 Å². The van der Waals surface area contributed by atoms with Gasteiger partial charge in [0.05, 0.1) is 6.54 Å². The normalized spacial score (nSPS) is 10.7. The lowest BCUT2D eigenvalue weighted by Crippen LogP contribution is -2.16. The smallest absolute Gasteiger partial charge is 0.280 e. The number of aromatic nitrogens is 3. The fourth-order valence-electron chi connectivity index (χ4n) is 2.41. The minimum Gasteiger partial charge on any atom is -0.382 e. The fraction of sp³-hybridized carbons (Fsp3) is 0.167. The van der Waals surface area contributed by atoms with E-state index in [0.717, 1.165) is 16.7 Å². The molecule has 0 aliphatic carbocycles. The third kappa shape index (κ3) is 3.65. The molecule has 3 N–H and O–H groups in total. The molecule has 0 aliphatic heterocycles. The molecule has 6 nitrogen and oxygen atoms in total. The van der Waals surface area contributed by atoms with E-state index in [-0.39, 0.29) is 17.3 Å². The third-order valence-corrected chi connectivity index (χ3v) is 3.88. The topological polar surface area (TPSA) is 85.8 Å². The molecule has 128 valence electrons. The summed E-state index contributed by atoms with van der Waals surface area (Å²) in [6, 6.07) is 11.8. The zero-order chi connectivity index (χ0) is 18.0. The maximum atomic E-state index is 13.0. The van der Waals surface area contributed by atoms with Gasteiger partial charge in [-0.05, 0) is 48.7 Å². The number of aryl methyl sites for hydroxylation is 2. The second-order valence-corrected chi connectivity index (χ2v) is 5.88. The summed E-state index contributed by atoms with van der Waals surface area (Å²) >= 11 is 0. The summed E-state index contributed by atoms with van der Waals surface area (Å²) < 4.78 is 14.4. The predicted molar refractivity (Wildman–Crippen MR) is 93.8 cm³/mol. The highest BCUT2D eigenvalue weighted by Crippen LogP contribution is 2.19. The molecule has 3 aromatic rings. The predicted octanol–water partition coefficient (Wildman–Crippen LogP) is 2.92. The first kappa shape index (κ1) is 16.6. The van der Waals surface area contributed by atoms with E-state index in [1.807, 2.05) is 32.0 Å². The van der Waals surface area contributed by atoms with Gasteiger partial charge in [0.25, 0.3) is 5.91 Å². The van der Waals surface area contributed by atoms with Crippen molar-refractivity contribution in [2.24, 2.45) is 0 Å². The Kier molecular flexibility index (Phi) is 4.47. The van der Waals surface area contributed by atoms with Gasteiger partial charge in [-0.2, -0.15) is 0 Å². The highest BCUT2D eigenvalue weighted by molar-refractivity contribution is 6.06. The highest BCUT2D eigenvalue weighted by atomic mass is 19.1. The van der Waals surface area contributed by atoms with E-state index in [1.54, 1.807) is 12.1 Å². The Bertz CT molecular complexity index is 918. The van der Waals surface area contributed by atoms with Gasteiger partial charge in [-0.15, -0.1) is 5.10 Å². The van der Waals surface area contributed by atoms with Crippen LogP contribution in [0.1, 0.15) is 27.2 Å². The molecule has 3 rings (SSSR count). The molecule has 1 amide bonds. The summed E-state index contributed by atoms with van der Waals surface area (Å²) in [5, 5.41) is 10.6. The van der Waals surface area contributed by atoms with Crippen molar-refractivity contribution in [1.82, 2.24) is 15.0 Å². The van der Waals surface area contributed by atoms with Crippen LogP contribution in [0.5, 0.6) is 0 Å². The number of benzene rings is 2. The van der Waals surface area contributed by atoms with Crippen LogP contribution >= 0.6 is 0 Å². The van der Waals surface area contributed by atoms with E-state index >= 15 is 0 Å². The van der Waals surface area contributed by atoms with Crippen molar-refractivity contribution in [3.05, 3.63) is 70.7 Å². The average Bonchev–Trinajstić information content (AvgIpc) is 2.94. The Hall–Kier alpha value is -3.22. The number of nitrogen functional groups attached to an aromatic ring is 1. The van der Waals surface area contributed by atoms with E-state index < -0.39 is 5.91 Å². The Morgan fingerprint density at radius 2 is 1.92 bits per heavy atom. The molecule has 0 saturated carbocycles. The number of nitrogens with zero attached hydrogens (tertiary/aromatic N) is 3. The Balaban J connectivity index is 1.79. The number of carbonyl (C=O) groups excluding carboxylic acids is 1. The standard InChI is InChI=1S/C18H18FN5O/c1-11-3-4-12(2)15(9-11)21-18(25)16-17(20)24(23-22-16)10-13-5-7-14(19)8-6-13/h3-9H,10,20H2,1-2H3,(H,21,25). The largest absolute Gasteiger partial charge is 0.382 e. The summed E-state index contributed by atoms with van der Waals surface area (Å²) in [6.45, 7) is 4.15. The van der Waals surface area contributed by atoms with Crippen LogP contribution in [0.4, 0.5) is 15.9 Å². The lowest BCUT2D eigenvalue weighted by atomic mass is 10.1.